The van der Waals surface area contributed by atoms with Gasteiger partial charge in [-0.1, -0.05) is 36.4 Å². The highest BCUT2D eigenvalue weighted by Crippen LogP contribution is 2.32. The maximum Gasteiger partial charge on any atom is 0.144 e. The summed E-state index contributed by atoms with van der Waals surface area (Å²) in [6.45, 7) is 2.82. The first-order valence-electron chi connectivity index (χ1n) is 9.07. The van der Waals surface area contributed by atoms with Gasteiger partial charge in [0.25, 0.3) is 0 Å². The van der Waals surface area contributed by atoms with E-state index in [0.717, 1.165) is 33.1 Å². The molecule has 27 heavy (non-hydrogen) atoms. The van der Waals surface area contributed by atoms with Gasteiger partial charge in [0.2, 0.25) is 0 Å². The molecule has 0 bridgehead atoms. The molecule has 0 amide bonds. The van der Waals surface area contributed by atoms with Gasteiger partial charge >= 0.3 is 0 Å². The number of ether oxygens (including phenoxy) is 1. The highest BCUT2D eigenvalue weighted by atomic mass is 16.5. The number of aromatic nitrogens is 1. The molecule has 0 saturated heterocycles. The van der Waals surface area contributed by atoms with E-state index in [4.69, 9.17) is 10.5 Å². The van der Waals surface area contributed by atoms with Crippen LogP contribution in [0.15, 0.2) is 60.7 Å². The van der Waals surface area contributed by atoms with Crippen LogP contribution in [0.3, 0.4) is 0 Å². The molecular weight excluding hydrogens is 338 g/mol. The van der Waals surface area contributed by atoms with Crippen molar-refractivity contribution >= 4 is 33.2 Å². The smallest absolute Gasteiger partial charge is 0.144 e. The predicted molar refractivity (Wildman–Crippen MR) is 111 cm³/mol. The average molecular weight is 361 g/mol. The van der Waals surface area contributed by atoms with Crippen molar-refractivity contribution in [2.24, 2.45) is 0 Å². The summed E-state index contributed by atoms with van der Waals surface area (Å²) < 4.78 is 5.89. The number of benzene rings is 3. The maximum absolute atomic E-state index is 9.84. The van der Waals surface area contributed by atoms with Crippen molar-refractivity contribution < 1.29 is 9.84 Å². The van der Waals surface area contributed by atoms with E-state index in [1.54, 1.807) is 6.92 Å². The summed E-state index contributed by atoms with van der Waals surface area (Å²) in [5.41, 5.74) is 10.7. The number of anilines is 2. The summed E-state index contributed by atoms with van der Waals surface area (Å²) in [7, 11) is 0. The highest BCUT2D eigenvalue weighted by Gasteiger charge is 2.09. The molecule has 5 heteroatoms. The fraction of sp³-hybridized carbons (Fsp3) is 0.182. The zero-order valence-electron chi connectivity index (χ0n) is 15.2. The molecule has 0 aliphatic rings. The molecule has 0 aliphatic carbocycles. The number of hydrogen-bond acceptors (Lipinski definition) is 4. The molecule has 3 aromatic carbocycles. The number of hydrogen-bond donors (Lipinski definition) is 4. The summed E-state index contributed by atoms with van der Waals surface area (Å²) in [6, 6.07) is 19.8. The lowest BCUT2D eigenvalue weighted by Crippen LogP contribution is -2.13. The third kappa shape index (κ3) is 3.41. The summed E-state index contributed by atoms with van der Waals surface area (Å²) in [5, 5.41) is 15.4. The van der Waals surface area contributed by atoms with Crippen molar-refractivity contribution in [2.75, 3.05) is 24.2 Å². The lowest BCUT2D eigenvalue weighted by atomic mass is 10.1. The van der Waals surface area contributed by atoms with E-state index in [1.165, 1.54) is 0 Å². The fourth-order valence-corrected chi connectivity index (χ4v) is 3.39. The zero-order valence-corrected chi connectivity index (χ0v) is 15.2. The first kappa shape index (κ1) is 17.2. The Morgan fingerprint density at radius 3 is 2.67 bits per heavy atom. The summed E-state index contributed by atoms with van der Waals surface area (Å²) in [5.74, 6) is 0.666. The van der Waals surface area contributed by atoms with Crippen LogP contribution >= 0.6 is 0 Å². The van der Waals surface area contributed by atoms with Gasteiger partial charge in [-0.05, 0) is 25.1 Å². The number of fused-ring (bicyclic) bond motifs is 3. The molecule has 0 spiro atoms. The Hall–Kier alpha value is -3.18. The predicted octanol–water partition coefficient (Wildman–Crippen LogP) is 4.45. The van der Waals surface area contributed by atoms with Crippen LogP contribution in [0, 0.1) is 0 Å². The molecule has 5 nitrogen and oxygen atoms in total. The number of nitrogens with two attached hydrogens (primary N) is 1. The Morgan fingerprint density at radius 2 is 1.81 bits per heavy atom. The number of nitrogens with one attached hydrogen (secondary N) is 2. The van der Waals surface area contributed by atoms with Crippen molar-refractivity contribution in [3.8, 4) is 5.75 Å². The molecule has 138 valence electrons. The van der Waals surface area contributed by atoms with Crippen molar-refractivity contribution in [3.63, 3.8) is 0 Å². The zero-order chi connectivity index (χ0) is 18.8. The summed E-state index contributed by atoms with van der Waals surface area (Å²) >= 11 is 0. The van der Waals surface area contributed by atoms with E-state index in [2.05, 4.69) is 22.4 Å². The lowest BCUT2D eigenvalue weighted by molar-refractivity contribution is 0.200. The molecule has 1 aromatic heterocycles. The summed E-state index contributed by atoms with van der Waals surface area (Å²) in [4.78, 5) is 3.40. The first-order chi connectivity index (χ1) is 13.1. The monoisotopic (exact) mass is 361 g/mol. The maximum atomic E-state index is 9.84. The molecule has 4 aromatic rings. The van der Waals surface area contributed by atoms with Crippen LogP contribution in [0.2, 0.25) is 0 Å². The quantitative estimate of drug-likeness (QED) is 0.302. The number of rotatable bonds is 6. The number of aliphatic hydroxyl groups is 1. The number of aliphatic hydroxyl groups excluding tert-OH is 1. The van der Waals surface area contributed by atoms with E-state index in [0.29, 0.717) is 24.6 Å². The third-order valence-corrected chi connectivity index (χ3v) is 4.72. The minimum absolute atomic E-state index is 0.462. The van der Waals surface area contributed by atoms with E-state index in [9.17, 15) is 5.11 Å². The van der Waals surface area contributed by atoms with Gasteiger partial charge in [0, 0.05) is 40.2 Å². The van der Waals surface area contributed by atoms with Crippen LogP contribution < -0.4 is 15.8 Å². The molecule has 0 fully saturated rings. The molecule has 1 heterocycles. The first-order valence-corrected chi connectivity index (χ1v) is 9.07. The Morgan fingerprint density at radius 1 is 1.04 bits per heavy atom. The van der Waals surface area contributed by atoms with Gasteiger partial charge in [-0.15, -0.1) is 0 Å². The Kier molecular flexibility index (Phi) is 4.60. The van der Waals surface area contributed by atoms with E-state index >= 15 is 0 Å². The van der Waals surface area contributed by atoms with Crippen LogP contribution in [0.4, 0.5) is 11.4 Å². The summed E-state index contributed by atoms with van der Waals surface area (Å²) in [6.07, 6.45) is -0.519. The lowest BCUT2D eigenvalue weighted by Gasteiger charge is -2.15. The molecule has 1 unspecified atom stereocenters. The van der Waals surface area contributed by atoms with Gasteiger partial charge in [0.15, 0.2) is 0 Å². The third-order valence-electron chi connectivity index (χ3n) is 4.72. The molecule has 5 N–H and O–H groups in total. The van der Waals surface area contributed by atoms with Crippen LogP contribution in [-0.2, 0) is 0 Å². The van der Waals surface area contributed by atoms with Gasteiger partial charge in [-0.2, -0.15) is 0 Å². The topological polar surface area (TPSA) is 83.3 Å². The number of para-hydroxylation sites is 2. The normalized spacial score (nSPS) is 12.4. The van der Waals surface area contributed by atoms with E-state index < -0.39 is 6.10 Å². The molecule has 0 saturated carbocycles. The SMILES string of the molecule is CC(O)c1ccccc1NCCOc1cc2[nH]c3ccccc3c2cc1N. The molecule has 0 radical (unpaired) electrons. The van der Waals surface area contributed by atoms with Crippen molar-refractivity contribution in [2.45, 2.75) is 13.0 Å². The molecule has 4 rings (SSSR count). The van der Waals surface area contributed by atoms with Gasteiger partial charge in [0.1, 0.15) is 12.4 Å². The Bertz CT molecular complexity index is 1090. The van der Waals surface area contributed by atoms with Crippen molar-refractivity contribution in [1.82, 2.24) is 4.98 Å². The fourth-order valence-electron chi connectivity index (χ4n) is 3.39. The second-order valence-corrected chi connectivity index (χ2v) is 6.64. The highest BCUT2D eigenvalue weighted by molar-refractivity contribution is 6.08. The van der Waals surface area contributed by atoms with E-state index in [-0.39, 0.29) is 0 Å². The van der Waals surface area contributed by atoms with Crippen LogP contribution in [0.1, 0.15) is 18.6 Å². The van der Waals surface area contributed by atoms with Crippen LogP contribution in [-0.4, -0.2) is 23.2 Å². The van der Waals surface area contributed by atoms with Crippen molar-refractivity contribution in [1.29, 1.82) is 0 Å². The Labute approximate surface area is 157 Å². The second-order valence-electron chi connectivity index (χ2n) is 6.64. The largest absolute Gasteiger partial charge is 0.490 e. The standard InChI is InChI=1S/C22H23N3O2/c1-14(26)15-6-2-4-8-19(15)24-10-11-27-22-13-21-17(12-18(22)23)16-7-3-5-9-20(16)25-21/h2-9,12-14,24-26H,10-11,23H2,1H3. The minimum Gasteiger partial charge on any atom is -0.490 e. The van der Waals surface area contributed by atoms with Gasteiger partial charge in [-0.25, -0.2) is 0 Å². The second kappa shape index (κ2) is 7.21. The molecular formula is C22H23N3O2. The van der Waals surface area contributed by atoms with Gasteiger partial charge < -0.3 is 25.9 Å². The molecule has 0 aliphatic heterocycles. The number of aromatic amines is 1. The van der Waals surface area contributed by atoms with Crippen molar-refractivity contribution in [3.05, 3.63) is 66.2 Å². The van der Waals surface area contributed by atoms with Gasteiger partial charge in [0.05, 0.1) is 17.3 Å². The van der Waals surface area contributed by atoms with Gasteiger partial charge in [-0.3, -0.25) is 0 Å². The number of nitrogen functional groups attached to an aromatic ring is 1. The van der Waals surface area contributed by atoms with Crippen LogP contribution in [0.5, 0.6) is 5.75 Å². The van der Waals surface area contributed by atoms with E-state index in [1.807, 2.05) is 48.5 Å². The minimum atomic E-state index is -0.519. The Balaban J connectivity index is 1.46. The number of H-pyrrole nitrogens is 1. The average Bonchev–Trinajstić information content (AvgIpc) is 3.03. The molecule has 1 atom stereocenters. The van der Waals surface area contributed by atoms with Crippen LogP contribution in [0.25, 0.3) is 21.8 Å².